The molecule has 2 saturated heterocycles. The van der Waals surface area contributed by atoms with Crippen LogP contribution in [0.15, 0.2) is 24.3 Å². The van der Waals surface area contributed by atoms with Gasteiger partial charge in [0.05, 0.1) is 23.3 Å². The van der Waals surface area contributed by atoms with Crippen LogP contribution in [-0.2, 0) is 9.47 Å². The van der Waals surface area contributed by atoms with Gasteiger partial charge in [-0.1, -0.05) is 12.1 Å². The smallest absolute Gasteiger partial charge is 0.339 e. The second kappa shape index (κ2) is 5.25. The van der Waals surface area contributed by atoms with Gasteiger partial charge in [0.15, 0.2) is 0 Å². The Balaban J connectivity index is 1.75. The number of aromatic carboxylic acids is 1. The Kier molecular flexibility index (Phi) is 3.44. The predicted octanol–water partition coefficient (Wildman–Crippen LogP) is 2.25. The maximum absolute atomic E-state index is 12.2. The SMILES string of the molecule is O=C(O)c1ccccc1C(=O)O[C@H]1CC[C@H]2CC[C@@H]1O2. The van der Waals surface area contributed by atoms with E-state index >= 15 is 0 Å². The third-order valence-electron chi connectivity index (χ3n) is 3.96. The first-order valence-electron chi connectivity index (χ1n) is 6.84. The molecule has 3 rings (SSSR count). The number of carbonyl (C=O) groups is 2. The fourth-order valence-corrected chi connectivity index (χ4v) is 2.94. The van der Waals surface area contributed by atoms with Crippen molar-refractivity contribution in [2.24, 2.45) is 0 Å². The summed E-state index contributed by atoms with van der Waals surface area (Å²) in [5.41, 5.74) is 0.0682. The monoisotopic (exact) mass is 276 g/mol. The zero-order valence-corrected chi connectivity index (χ0v) is 11.0. The molecule has 2 heterocycles. The van der Waals surface area contributed by atoms with Crippen LogP contribution in [0, 0.1) is 0 Å². The van der Waals surface area contributed by atoms with Crippen molar-refractivity contribution in [3.05, 3.63) is 35.4 Å². The molecular formula is C15H16O5. The van der Waals surface area contributed by atoms with Crippen molar-refractivity contribution < 1.29 is 24.2 Å². The summed E-state index contributed by atoms with van der Waals surface area (Å²) >= 11 is 0. The van der Waals surface area contributed by atoms with Crippen molar-refractivity contribution in [3.8, 4) is 0 Å². The summed E-state index contributed by atoms with van der Waals surface area (Å²) < 4.78 is 11.2. The maximum atomic E-state index is 12.2. The summed E-state index contributed by atoms with van der Waals surface area (Å²) in [5, 5.41) is 9.09. The zero-order chi connectivity index (χ0) is 14.1. The molecule has 20 heavy (non-hydrogen) atoms. The highest BCUT2D eigenvalue weighted by Crippen LogP contribution is 2.34. The Morgan fingerprint density at radius 3 is 2.55 bits per heavy atom. The summed E-state index contributed by atoms with van der Waals surface area (Å²) in [6, 6.07) is 6.10. The molecule has 0 saturated carbocycles. The van der Waals surface area contributed by atoms with Gasteiger partial charge in [-0.05, 0) is 37.8 Å². The van der Waals surface area contributed by atoms with Gasteiger partial charge in [0.25, 0.3) is 0 Å². The van der Waals surface area contributed by atoms with Crippen molar-refractivity contribution in [3.63, 3.8) is 0 Å². The van der Waals surface area contributed by atoms with E-state index in [0.717, 1.165) is 25.7 Å². The predicted molar refractivity (Wildman–Crippen MR) is 69.7 cm³/mol. The van der Waals surface area contributed by atoms with Gasteiger partial charge in [-0.15, -0.1) is 0 Å². The molecule has 0 unspecified atom stereocenters. The van der Waals surface area contributed by atoms with Crippen LogP contribution in [0.2, 0.25) is 0 Å². The summed E-state index contributed by atoms with van der Waals surface area (Å²) in [6.07, 6.45) is 3.62. The lowest BCUT2D eigenvalue weighted by Gasteiger charge is -2.29. The van der Waals surface area contributed by atoms with E-state index in [9.17, 15) is 9.59 Å². The van der Waals surface area contributed by atoms with Crippen molar-refractivity contribution in [2.45, 2.75) is 44.0 Å². The number of rotatable bonds is 3. The molecule has 0 spiro atoms. The number of carbonyl (C=O) groups excluding carboxylic acids is 1. The molecular weight excluding hydrogens is 260 g/mol. The Hall–Kier alpha value is -1.88. The molecule has 0 amide bonds. The fourth-order valence-electron chi connectivity index (χ4n) is 2.94. The first-order chi connectivity index (χ1) is 9.65. The molecule has 1 N–H and O–H groups in total. The number of esters is 1. The Bertz CT molecular complexity index is 539. The molecule has 106 valence electrons. The van der Waals surface area contributed by atoms with E-state index in [2.05, 4.69) is 0 Å². The number of benzene rings is 1. The van der Waals surface area contributed by atoms with Crippen LogP contribution in [0.3, 0.4) is 0 Å². The van der Waals surface area contributed by atoms with Crippen molar-refractivity contribution in [1.82, 2.24) is 0 Å². The van der Waals surface area contributed by atoms with Gasteiger partial charge >= 0.3 is 11.9 Å². The Morgan fingerprint density at radius 2 is 1.80 bits per heavy atom. The molecule has 0 aliphatic carbocycles. The third-order valence-corrected chi connectivity index (χ3v) is 3.96. The highest BCUT2D eigenvalue weighted by atomic mass is 16.6. The first kappa shape index (κ1) is 13.1. The summed E-state index contributed by atoms with van der Waals surface area (Å²) in [7, 11) is 0. The second-order valence-corrected chi connectivity index (χ2v) is 5.25. The number of carboxylic acids is 1. The fraction of sp³-hybridized carbons (Fsp3) is 0.467. The lowest BCUT2D eigenvalue weighted by atomic mass is 10.1. The minimum Gasteiger partial charge on any atom is -0.478 e. The van der Waals surface area contributed by atoms with Gasteiger partial charge in [-0.3, -0.25) is 0 Å². The highest BCUT2D eigenvalue weighted by Gasteiger charge is 2.39. The van der Waals surface area contributed by atoms with Crippen molar-refractivity contribution >= 4 is 11.9 Å². The number of hydrogen-bond acceptors (Lipinski definition) is 4. The molecule has 2 aliphatic rings. The maximum Gasteiger partial charge on any atom is 0.339 e. The van der Waals surface area contributed by atoms with Crippen molar-refractivity contribution in [1.29, 1.82) is 0 Å². The quantitative estimate of drug-likeness (QED) is 0.857. The van der Waals surface area contributed by atoms with Crippen LogP contribution >= 0.6 is 0 Å². The summed E-state index contributed by atoms with van der Waals surface area (Å²) in [4.78, 5) is 23.3. The van der Waals surface area contributed by atoms with Crippen LogP contribution in [0.25, 0.3) is 0 Å². The van der Waals surface area contributed by atoms with Crippen LogP contribution in [-0.4, -0.2) is 35.4 Å². The second-order valence-electron chi connectivity index (χ2n) is 5.25. The molecule has 0 aromatic heterocycles. The van der Waals surface area contributed by atoms with Gasteiger partial charge in [-0.2, -0.15) is 0 Å². The van der Waals surface area contributed by atoms with E-state index in [1.165, 1.54) is 12.1 Å². The van der Waals surface area contributed by atoms with Gasteiger partial charge in [-0.25, -0.2) is 9.59 Å². The van der Waals surface area contributed by atoms with Gasteiger partial charge in [0.2, 0.25) is 0 Å². The molecule has 5 heteroatoms. The van der Waals surface area contributed by atoms with Gasteiger partial charge < -0.3 is 14.6 Å². The van der Waals surface area contributed by atoms with E-state index in [0.29, 0.717) is 6.10 Å². The van der Waals surface area contributed by atoms with Crippen LogP contribution in [0.1, 0.15) is 46.4 Å². The minimum absolute atomic E-state index is 0.0291. The van der Waals surface area contributed by atoms with E-state index < -0.39 is 11.9 Å². The summed E-state index contributed by atoms with van der Waals surface area (Å²) in [5.74, 6) is -1.71. The molecule has 5 nitrogen and oxygen atoms in total. The van der Waals surface area contributed by atoms with E-state index in [4.69, 9.17) is 14.6 Å². The van der Waals surface area contributed by atoms with Crippen LogP contribution in [0.5, 0.6) is 0 Å². The molecule has 2 bridgehead atoms. The normalized spacial score (nSPS) is 28.1. The molecule has 2 fully saturated rings. The lowest BCUT2D eigenvalue weighted by Crippen LogP contribution is -2.36. The lowest BCUT2D eigenvalue weighted by molar-refractivity contribution is -0.0842. The number of ether oxygens (including phenoxy) is 2. The molecule has 1 aromatic carbocycles. The summed E-state index contributed by atoms with van der Waals surface area (Å²) in [6.45, 7) is 0. The van der Waals surface area contributed by atoms with E-state index in [1.54, 1.807) is 12.1 Å². The number of carboxylic acid groups (broad SMARTS) is 1. The van der Waals surface area contributed by atoms with Crippen LogP contribution in [0.4, 0.5) is 0 Å². The minimum atomic E-state index is -1.13. The largest absolute Gasteiger partial charge is 0.478 e. The van der Waals surface area contributed by atoms with Gasteiger partial charge in [0, 0.05) is 0 Å². The number of fused-ring (bicyclic) bond motifs is 2. The number of hydrogen-bond donors (Lipinski definition) is 1. The average Bonchev–Trinajstić information content (AvgIpc) is 2.84. The standard InChI is InChI=1S/C15H16O5/c16-14(17)10-3-1-2-4-11(10)15(18)20-13-8-6-9-5-7-12(13)19-9/h1-4,9,12-13H,5-8H2,(H,16,17)/t9-,12+,13+/m1/s1. The third kappa shape index (κ3) is 2.41. The highest BCUT2D eigenvalue weighted by molar-refractivity contribution is 6.02. The zero-order valence-electron chi connectivity index (χ0n) is 11.0. The van der Waals surface area contributed by atoms with Crippen LogP contribution < -0.4 is 0 Å². The average molecular weight is 276 g/mol. The molecule has 2 aliphatic heterocycles. The molecule has 0 radical (unpaired) electrons. The van der Waals surface area contributed by atoms with E-state index in [1.807, 2.05) is 0 Å². The Labute approximate surface area is 116 Å². The van der Waals surface area contributed by atoms with Gasteiger partial charge in [0.1, 0.15) is 6.10 Å². The molecule has 1 aromatic rings. The first-order valence-corrected chi connectivity index (χ1v) is 6.84. The topological polar surface area (TPSA) is 72.8 Å². The molecule has 3 atom stereocenters. The Morgan fingerprint density at radius 1 is 1.10 bits per heavy atom. The van der Waals surface area contributed by atoms with Crippen molar-refractivity contribution in [2.75, 3.05) is 0 Å². The van der Waals surface area contributed by atoms with E-state index in [-0.39, 0.29) is 23.3 Å².